The Morgan fingerprint density at radius 1 is 1.22 bits per heavy atom. The molecule has 0 saturated carbocycles. The first-order valence-electron chi connectivity index (χ1n) is 6.99. The molecule has 0 radical (unpaired) electrons. The average Bonchev–Trinajstić information content (AvgIpc) is 2.76. The van der Waals surface area contributed by atoms with Crippen LogP contribution in [0.15, 0.2) is 30.3 Å². The van der Waals surface area contributed by atoms with Crippen LogP contribution in [0.3, 0.4) is 0 Å². The number of anilines is 1. The molecule has 2 heterocycles. The summed E-state index contributed by atoms with van der Waals surface area (Å²) in [6, 6.07) is 11.0. The number of morpholine rings is 1. The van der Waals surface area contributed by atoms with Gasteiger partial charge in [-0.2, -0.15) is 0 Å². The van der Waals surface area contributed by atoms with Crippen LogP contribution in [0, 0.1) is 0 Å². The van der Waals surface area contributed by atoms with Gasteiger partial charge in [-0.15, -0.1) is 0 Å². The molecule has 3 nitrogen and oxygen atoms in total. The van der Waals surface area contributed by atoms with E-state index < -0.39 is 0 Å². The molecule has 3 atom stereocenters. The molecule has 3 unspecified atom stereocenters. The zero-order valence-electron chi connectivity index (χ0n) is 11.0. The molecule has 2 saturated heterocycles. The molecule has 98 valence electrons. The third-order valence-electron chi connectivity index (χ3n) is 4.07. The zero-order valence-corrected chi connectivity index (χ0v) is 11.0. The van der Waals surface area contributed by atoms with Gasteiger partial charge >= 0.3 is 0 Å². The standard InChI is InChI=1S/C15H22N2O/c1-12(9-16-13-5-3-2-4-6-13)17-10-14-7-8-15(11-17)18-14/h2-6,12,14-16H,7-11H2,1H3. The fraction of sp³-hybridized carbons (Fsp3) is 0.600. The number of nitrogens with zero attached hydrogens (tertiary/aromatic N) is 1. The number of ether oxygens (including phenoxy) is 1. The van der Waals surface area contributed by atoms with Crippen molar-refractivity contribution in [1.29, 1.82) is 0 Å². The number of hydrogen-bond donors (Lipinski definition) is 1. The fourth-order valence-electron chi connectivity index (χ4n) is 2.96. The topological polar surface area (TPSA) is 24.5 Å². The quantitative estimate of drug-likeness (QED) is 0.882. The van der Waals surface area contributed by atoms with Crippen molar-refractivity contribution in [2.45, 2.75) is 38.0 Å². The molecule has 1 aromatic rings. The van der Waals surface area contributed by atoms with Gasteiger partial charge in [-0.05, 0) is 31.9 Å². The third kappa shape index (κ3) is 2.68. The first-order valence-corrected chi connectivity index (χ1v) is 6.99. The van der Waals surface area contributed by atoms with Crippen LogP contribution in [0.1, 0.15) is 19.8 Å². The number of rotatable bonds is 4. The van der Waals surface area contributed by atoms with Crippen molar-refractivity contribution in [3.8, 4) is 0 Å². The van der Waals surface area contributed by atoms with Crippen LogP contribution in [-0.4, -0.2) is 42.8 Å². The lowest BCUT2D eigenvalue weighted by Crippen LogP contribution is -2.49. The summed E-state index contributed by atoms with van der Waals surface area (Å²) >= 11 is 0. The average molecular weight is 246 g/mol. The Hall–Kier alpha value is -1.06. The minimum Gasteiger partial charge on any atom is -0.383 e. The van der Waals surface area contributed by atoms with Crippen LogP contribution in [0.2, 0.25) is 0 Å². The molecule has 0 aliphatic carbocycles. The van der Waals surface area contributed by atoms with Crippen molar-refractivity contribution < 1.29 is 4.74 Å². The van der Waals surface area contributed by atoms with E-state index >= 15 is 0 Å². The second kappa shape index (κ2) is 5.29. The van der Waals surface area contributed by atoms with Crippen molar-refractivity contribution >= 4 is 5.69 Å². The van der Waals surface area contributed by atoms with Crippen LogP contribution in [0.25, 0.3) is 0 Å². The summed E-state index contributed by atoms with van der Waals surface area (Å²) in [6.07, 6.45) is 3.48. The molecular weight excluding hydrogens is 224 g/mol. The highest BCUT2D eigenvalue weighted by Gasteiger charge is 2.35. The molecule has 2 fully saturated rings. The minimum absolute atomic E-state index is 0.489. The molecule has 18 heavy (non-hydrogen) atoms. The molecule has 1 N–H and O–H groups in total. The molecule has 2 aliphatic rings. The maximum Gasteiger partial charge on any atom is 0.0707 e. The second-order valence-electron chi connectivity index (χ2n) is 5.51. The summed E-state index contributed by atoms with van der Waals surface area (Å²) in [7, 11) is 0. The van der Waals surface area contributed by atoms with Crippen LogP contribution in [0.4, 0.5) is 5.69 Å². The molecule has 0 aromatic heterocycles. The summed E-state index contributed by atoms with van der Waals surface area (Å²) in [4.78, 5) is 2.57. The van der Waals surface area contributed by atoms with Crippen molar-refractivity contribution in [1.82, 2.24) is 4.90 Å². The normalized spacial score (nSPS) is 29.2. The van der Waals surface area contributed by atoms with E-state index in [1.807, 2.05) is 6.07 Å². The van der Waals surface area contributed by atoms with E-state index in [-0.39, 0.29) is 0 Å². The van der Waals surface area contributed by atoms with Gasteiger partial charge in [-0.25, -0.2) is 0 Å². The highest BCUT2D eigenvalue weighted by atomic mass is 16.5. The molecule has 3 heteroatoms. The summed E-state index contributed by atoms with van der Waals surface area (Å²) in [5.41, 5.74) is 1.21. The van der Waals surface area contributed by atoms with Crippen molar-refractivity contribution in [2.24, 2.45) is 0 Å². The van der Waals surface area contributed by atoms with Crippen LogP contribution < -0.4 is 5.32 Å². The van der Waals surface area contributed by atoms with E-state index in [1.165, 1.54) is 18.5 Å². The summed E-state index contributed by atoms with van der Waals surface area (Å²) in [5, 5.41) is 3.51. The lowest BCUT2D eigenvalue weighted by Gasteiger charge is -2.36. The largest absolute Gasteiger partial charge is 0.383 e. The number of para-hydroxylation sites is 1. The van der Waals surface area contributed by atoms with Crippen LogP contribution >= 0.6 is 0 Å². The summed E-state index contributed by atoms with van der Waals surface area (Å²) < 4.78 is 5.88. The molecule has 1 aromatic carbocycles. The highest BCUT2D eigenvalue weighted by molar-refractivity contribution is 5.42. The number of fused-ring (bicyclic) bond motifs is 2. The first kappa shape index (κ1) is 12.0. The smallest absolute Gasteiger partial charge is 0.0707 e. The summed E-state index contributed by atoms with van der Waals surface area (Å²) in [6.45, 7) is 5.52. The molecule has 0 spiro atoms. The number of nitrogens with one attached hydrogen (secondary N) is 1. The number of benzene rings is 1. The Bertz CT molecular complexity index is 369. The number of likely N-dealkylation sites (tertiary alicyclic amines) is 1. The lowest BCUT2D eigenvalue weighted by atomic mass is 10.2. The Morgan fingerprint density at radius 3 is 2.56 bits per heavy atom. The third-order valence-corrected chi connectivity index (χ3v) is 4.07. The molecule has 2 bridgehead atoms. The van der Waals surface area contributed by atoms with Gasteiger partial charge in [0.05, 0.1) is 12.2 Å². The number of hydrogen-bond acceptors (Lipinski definition) is 3. The van der Waals surface area contributed by atoms with Crippen LogP contribution in [-0.2, 0) is 4.74 Å². The summed E-state index contributed by atoms with van der Waals surface area (Å²) in [5.74, 6) is 0. The van der Waals surface area contributed by atoms with E-state index in [2.05, 4.69) is 41.4 Å². The SMILES string of the molecule is CC(CNc1ccccc1)N1CC2CCC(C1)O2. The highest BCUT2D eigenvalue weighted by Crippen LogP contribution is 2.27. The van der Waals surface area contributed by atoms with Gasteiger partial charge in [0.1, 0.15) is 0 Å². The first-order chi connectivity index (χ1) is 8.81. The maximum absolute atomic E-state index is 5.88. The predicted molar refractivity (Wildman–Crippen MR) is 73.9 cm³/mol. The Labute approximate surface area is 109 Å². The minimum atomic E-state index is 0.489. The van der Waals surface area contributed by atoms with Gasteiger partial charge in [0, 0.05) is 31.4 Å². The van der Waals surface area contributed by atoms with E-state index in [0.717, 1.165) is 19.6 Å². The van der Waals surface area contributed by atoms with Gasteiger partial charge in [0.25, 0.3) is 0 Å². The predicted octanol–water partition coefficient (Wildman–Crippen LogP) is 2.35. The zero-order chi connectivity index (χ0) is 12.4. The lowest BCUT2D eigenvalue weighted by molar-refractivity contribution is -0.0486. The molecule has 3 rings (SSSR count). The van der Waals surface area contributed by atoms with Gasteiger partial charge in [0.2, 0.25) is 0 Å². The van der Waals surface area contributed by atoms with Gasteiger partial charge in [-0.3, -0.25) is 4.90 Å². The Morgan fingerprint density at radius 2 is 1.89 bits per heavy atom. The van der Waals surface area contributed by atoms with E-state index in [4.69, 9.17) is 4.74 Å². The molecule has 2 aliphatic heterocycles. The van der Waals surface area contributed by atoms with Crippen LogP contribution in [0.5, 0.6) is 0 Å². The van der Waals surface area contributed by atoms with Gasteiger partial charge in [0.15, 0.2) is 0 Å². The van der Waals surface area contributed by atoms with Crippen molar-refractivity contribution in [3.05, 3.63) is 30.3 Å². The monoisotopic (exact) mass is 246 g/mol. The second-order valence-corrected chi connectivity index (χ2v) is 5.51. The van der Waals surface area contributed by atoms with E-state index in [1.54, 1.807) is 0 Å². The van der Waals surface area contributed by atoms with Gasteiger partial charge in [-0.1, -0.05) is 18.2 Å². The van der Waals surface area contributed by atoms with E-state index in [9.17, 15) is 0 Å². The van der Waals surface area contributed by atoms with Crippen molar-refractivity contribution in [2.75, 3.05) is 25.0 Å². The Kier molecular flexibility index (Phi) is 3.52. The maximum atomic E-state index is 5.88. The van der Waals surface area contributed by atoms with Crippen molar-refractivity contribution in [3.63, 3.8) is 0 Å². The van der Waals surface area contributed by atoms with E-state index in [0.29, 0.717) is 18.2 Å². The molecular formula is C15H22N2O. The Balaban J connectivity index is 1.51. The van der Waals surface area contributed by atoms with Gasteiger partial charge < -0.3 is 10.1 Å². The molecule has 0 amide bonds. The fourth-order valence-corrected chi connectivity index (χ4v) is 2.96.